The summed E-state index contributed by atoms with van der Waals surface area (Å²) in [5.41, 5.74) is 0. The van der Waals surface area contributed by atoms with Crippen LogP contribution < -0.4 is 0 Å². The van der Waals surface area contributed by atoms with Crippen LogP contribution in [0.15, 0.2) is 34.3 Å². The van der Waals surface area contributed by atoms with Crippen LogP contribution in [0.2, 0.25) is 0 Å². The zero-order chi connectivity index (χ0) is 9.97. The van der Waals surface area contributed by atoms with Crippen LogP contribution in [-0.2, 0) is 6.42 Å². The number of aliphatic hydroxyl groups excluding tert-OH is 1. The third kappa shape index (κ3) is 2.18. The quantitative estimate of drug-likeness (QED) is 0.881. The highest BCUT2D eigenvalue weighted by atomic mass is 127. The molecule has 1 atom stereocenters. The van der Waals surface area contributed by atoms with E-state index in [0.29, 0.717) is 6.42 Å². The number of hydrogen-bond donors (Lipinski definition) is 1. The molecule has 4 heteroatoms. The topological polar surface area (TPSA) is 33.4 Å². The van der Waals surface area contributed by atoms with E-state index in [1.54, 1.807) is 17.6 Å². The first-order valence-electron chi connectivity index (χ1n) is 4.20. The fraction of sp³-hybridized carbons (Fsp3) is 0.200. The summed E-state index contributed by atoms with van der Waals surface area (Å²) in [7, 11) is 0. The molecule has 0 amide bonds. The highest BCUT2D eigenvalue weighted by Gasteiger charge is 2.14. The largest absolute Gasteiger partial charge is 0.469 e. The summed E-state index contributed by atoms with van der Waals surface area (Å²) in [6, 6.07) is 5.72. The second-order valence-electron chi connectivity index (χ2n) is 2.93. The number of aliphatic hydroxyl groups is 1. The Morgan fingerprint density at radius 1 is 1.50 bits per heavy atom. The number of rotatable bonds is 3. The first kappa shape index (κ1) is 10.2. The van der Waals surface area contributed by atoms with E-state index in [0.717, 1.165) is 14.2 Å². The third-order valence-corrected chi connectivity index (χ3v) is 4.25. The number of furan rings is 1. The Hall–Kier alpha value is -0.330. The standard InChI is InChI=1S/C10H9IO2S/c11-8-3-5-14-10(8)9(12)6-7-2-1-4-13-7/h1-5,9,12H,6H2. The van der Waals surface area contributed by atoms with Gasteiger partial charge in [0.05, 0.1) is 12.4 Å². The van der Waals surface area contributed by atoms with E-state index < -0.39 is 6.10 Å². The summed E-state index contributed by atoms with van der Waals surface area (Å²) < 4.78 is 6.30. The van der Waals surface area contributed by atoms with Gasteiger partial charge in [-0.25, -0.2) is 0 Å². The number of hydrogen-bond acceptors (Lipinski definition) is 3. The molecule has 1 N–H and O–H groups in total. The minimum atomic E-state index is -0.451. The maximum atomic E-state index is 9.91. The third-order valence-electron chi connectivity index (χ3n) is 1.92. The van der Waals surface area contributed by atoms with Gasteiger partial charge in [-0.3, -0.25) is 0 Å². The van der Waals surface area contributed by atoms with Gasteiger partial charge >= 0.3 is 0 Å². The fourth-order valence-electron chi connectivity index (χ4n) is 1.26. The molecular formula is C10H9IO2S. The summed E-state index contributed by atoms with van der Waals surface area (Å²) in [6.45, 7) is 0. The van der Waals surface area contributed by atoms with Gasteiger partial charge in [-0.1, -0.05) is 0 Å². The van der Waals surface area contributed by atoms with E-state index in [1.807, 2.05) is 23.6 Å². The van der Waals surface area contributed by atoms with Crippen molar-refractivity contribution < 1.29 is 9.52 Å². The molecule has 0 saturated carbocycles. The predicted molar refractivity (Wildman–Crippen MR) is 64.4 cm³/mol. The molecule has 2 rings (SSSR count). The van der Waals surface area contributed by atoms with E-state index in [2.05, 4.69) is 22.6 Å². The minimum absolute atomic E-state index is 0.451. The summed E-state index contributed by atoms with van der Waals surface area (Å²) in [6.07, 6.45) is 1.72. The molecule has 2 aromatic heterocycles. The molecule has 0 aliphatic heterocycles. The van der Waals surface area contributed by atoms with E-state index >= 15 is 0 Å². The Balaban J connectivity index is 2.10. The lowest BCUT2D eigenvalue weighted by molar-refractivity contribution is 0.173. The molecule has 0 spiro atoms. The minimum Gasteiger partial charge on any atom is -0.469 e. The van der Waals surface area contributed by atoms with Gasteiger partial charge in [0.1, 0.15) is 5.76 Å². The van der Waals surface area contributed by atoms with Gasteiger partial charge in [0.15, 0.2) is 0 Å². The summed E-state index contributed by atoms with van der Waals surface area (Å²) in [5, 5.41) is 11.9. The van der Waals surface area contributed by atoms with Crippen LogP contribution in [0.25, 0.3) is 0 Å². The average molecular weight is 320 g/mol. The van der Waals surface area contributed by atoms with Crippen LogP contribution in [0.3, 0.4) is 0 Å². The highest BCUT2D eigenvalue weighted by molar-refractivity contribution is 14.1. The highest BCUT2D eigenvalue weighted by Crippen LogP contribution is 2.28. The maximum Gasteiger partial charge on any atom is 0.106 e. The lowest BCUT2D eigenvalue weighted by atomic mass is 10.2. The van der Waals surface area contributed by atoms with Crippen molar-refractivity contribution in [2.75, 3.05) is 0 Å². The van der Waals surface area contributed by atoms with Gasteiger partial charge in [0.2, 0.25) is 0 Å². The molecule has 1 unspecified atom stereocenters. The molecule has 0 aliphatic rings. The van der Waals surface area contributed by atoms with Crippen molar-refractivity contribution in [2.45, 2.75) is 12.5 Å². The summed E-state index contributed by atoms with van der Waals surface area (Å²) in [5.74, 6) is 0.821. The molecule has 0 bridgehead atoms. The van der Waals surface area contributed by atoms with Crippen LogP contribution >= 0.6 is 33.9 Å². The van der Waals surface area contributed by atoms with Gasteiger partial charge in [-0.15, -0.1) is 11.3 Å². The zero-order valence-electron chi connectivity index (χ0n) is 7.31. The van der Waals surface area contributed by atoms with Crippen molar-refractivity contribution in [1.29, 1.82) is 0 Å². The molecule has 2 nitrogen and oxygen atoms in total. The van der Waals surface area contributed by atoms with Crippen LogP contribution in [0.1, 0.15) is 16.7 Å². The maximum absolute atomic E-state index is 9.91. The van der Waals surface area contributed by atoms with Crippen LogP contribution in [0, 0.1) is 3.57 Å². The van der Waals surface area contributed by atoms with Crippen molar-refractivity contribution in [3.05, 3.63) is 44.0 Å². The molecule has 74 valence electrons. The van der Waals surface area contributed by atoms with E-state index in [1.165, 1.54) is 0 Å². The Morgan fingerprint density at radius 3 is 2.93 bits per heavy atom. The first-order chi connectivity index (χ1) is 6.77. The lowest BCUT2D eigenvalue weighted by Gasteiger charge is -2.06. The molecule has 0 fully saturated rings. The molecule has 0 radical (unpaired) electrons. The van der Waals surface area contributed by atoms with Gasteiger partial charge in [0.25, 0.3) is 0 Å². The van der Waals surface area contributed by atoms with Crippen molar-refractivity contribution in [3.8, 4) is 0 Å². The van der Waals surface area contributed by atoms with Crippen molar-refractivity contribution in [2.24, 2.45) is 0 Å². The summed E-state index contributed by atoms with van der Waals surface area (Å²) in [4.78, 5) is 1.02. The average Bonchev–Trinajstić information content (AvgIpc) is 2.75. The predicted octanol–water partition coefficient (Wildman–Crippen LogP) is 3.22. The Kier molecular flexibility index (Phi) is 3.25. The molecule has 0 aliphatic carbocycles. The number of halogens is 1. The Morgan fingerprint density at radius 2 is 2.36 bits per heavy atom. The van der Waals surface area contributed by atoms with Crippen molar-refractivity contribution >= 4 is 33.9 Å². The van der Waals surface area contributed by atoms with Crippen molar-refractivity contribution in [1.82, 2.24) is 0 Å². The lowest BCUT2D eigenvalue weighted by Crippen LogP contribution is -1.99. The fourth-order valence-corrected chi connectivity index (χ4v) is 3.19. The van der Waals surface area contributed by atoms with Gasteiger partial charge in [-0.05, 0) is 46.2 Å². The Labute approximate surface area is 99.7 Å². The second kappa shape index (κ2) is 4.46. The molecule has 2 aromatic rings. The monoisotopic (exact) mass is 320 g/mol. The molecule has 14 heavy (non-hydrogen) atoms. The van der Waals surface area contributed by atoms with Crippen LogP contribution in [0.5, 0.6) is 0 Å². The molecular weight excluding hydrogens is 311 g/mol. The molecule has 0 aromatic carbocycles. The number of thiophene rings is 1. The van der Waals surface area contributed by atoms with E-state index in [4.69, 9.17) is 4.42 Å². The van der Waals surface area contributed by atoms with Crippen LogP contribution in [-0.4, -0.2) is 5.11 Å². The van der Waals surface area contributed by atoms with Gasteiger partial charge < -0.3 is 9.52 Å². The Bertz CT molecular complexity index is 394. The first-order valence-corrected chi connectivity index (χ1v) is 6.16. The zero-order valence-corrected chi connectivity index (χ0v) is 10.3. The van der Waals surface area contributed by atoms with Gasteiger partial charge in [0, 0.05) is 14.9 Å². The second-order valence-corrected chi connectivity index (χ2v) is 5.04. The van der Waals surface area contributed by atoms with Crippen molar-refractivity contribution in [3.63, 3.8) is 0 Å². The van der Waals surface area contributed by atoms with E-state index in [-0.39, 0.29) is 0 Å². The molecule has 0 saturated heterocycles. The van der Waals surface area contributed by atoms with Gasteiger partial charge in [-0.2, -0.15) is 0 Å². The molecule has 2 heterocycles. The smallest absolute Gasteiger partial charge is 0.106 e. The normalized spacial score (nSPS) is 13.0. The summed E-state index contributed by atoms with van der Waals surface area (Å²) >= 11 is 3.81. The van der Waals surface area contributed by atoms with E-state index in [9.17, 15) is 5.11 Å². The van der Waals surface area contributed by atoms with Crippen LogP contribution in [0.4, 0.5) is 0 Å². The SMILES string of the molecule is OC(Cc1ccco1)c1sccc1I.